The van der Waals surface area contributed by atoms with Gasteiger partial charge in [0.15, 0.2) is 5.96 Å². The molecule has 3 rings (SSSR count). The normalized spacial score (nSPS) is 28.7. The molecule has 1 aromatic rings. The minimum absolute atomic E-state index is 0.00498. The van der Waals surface area contributed by atoms with Gasteiger partial charge in [0.25, 0.3) is 0 Å². The minimum Gasteiger partial charge on any atom is -0.405 e. The molecule has 0 aliphatic heterocycles. The van der Waals surface area contributed by atoms with Gasteiger partial charge in [-0.25, -0.2) is 0 Å². The maximum absolute atomic E-state index is 12.6. The number of rotatable bonds is 5. The Balaban J connectivity index is 1.57. The Hall–Kier alpha value is -1.57. The maximum Gasteiger partial charge on any atom is 0.573 e. The van der Waals surface area contributed by atoms with Gasteiger partial charge in [0.1, 0.15) is 5.75 Å². The van der Waals surface area contributed by atoms with Gasteiger partial charge < -0.3 is 15.4 Å². The highest BCUT2D eigenvalue weighted by Gasteiger charge is 2.42. The number of nitrogens with zero attached hydrogens (tertiary/aromatic N) is 1. The van der Waals surface area contributed by atoms with E-state index in [4.69, 9.17) is 0 Å². The van der Waals surface area contributed by atoms with E-state index in [1.54, 1.807) is 25.2 Å². The first-order chi connectivity index (χ1) is 12.4. The molecule has 0 heterocycles. The average molecular weight is 387 g/mol. The SMILES string of the molecule is CN=C(NC1CCC(SC)C1)NC1CC1c1ccccc1OC(F)(F)F. The first kappa shape index (κ1) is 19.2. The third-order valence-electron chi connectivity index (χ3n) is 4.94. The molecule has 2 N–H and O–H groups in total. The van der Waals surface area contributed by atoms with Crippen LogP contribution in [-0.4, -0.2) is 43.0 Å². The van der Waals surface area contributed by atoms with Gasteiger partial charge in [-0.3, -0.25) is 4.99 Å². The van der Waals surface area contributed by atoms with Crippen LogP contribution in [0.4, 0.5) is 13.2 Å². The van der Waals surface area contributed by atoms with Gasteiger partial charge in [-0.1, -0.05) is 18.2 Å². The van der Waals surface area contributed by atoms with Gasteiger partial charge in [0.2, 0.25) is 0 Å². The highest BCUT2D eigenvalue weighted by atomic mass is 32.2. The molecule has 4 unspecified atom stereocenters. The minimum atomic E-state index is -4.68. The van der Waals surface area contributed by atoms with Crippen LogP contribution in [0.25, 0.3) is 0 Å². The summed E-state index contributed by atoms with van der Waals surface area (Å²) >= 11 is 1.89. The largest absolute Gasteiger partial charge is 0.573 e. The van der Waals surface area contributed by atoms with E-state index in [1.807, 2.05) is 11.8 Å². The Kier molecular flexibility index (Phi) is 5.89. The van der Waals surface area contributed by atoms with Crippen molar-refractivity contribution in [1.82, 2.24) is 10.6 Å². The van der Waals surface area contributed by atoms with Crippen LogP contribution >= 0.6 is 11.8 Å². The number of aliphatic imine (C=N–C) groups is 1. The Morgan fingerprint density at radius 1 is 1.19 bits per heavy atom. The predicted octanol–water partition coefficient (Wildman–Crippen LogP) is 3.89. The summed E-state index contributed by atoms with van der Waals surface area (Å²) in [7, 11) is 1.72. The zero-order valence-corrected chi connectivity index (χ0v) is 15.7. The molecule has 26 heavy (non-hydrogen) atoms. The Morgan fingerprint density at radius 3 is 2.62 bits per heavy atom. The van der Waals surface area contributed by atoms with E-state index in [0.717, 1.165) is 25.2 Å². The molecule has 2 saturated carbocycles. The summed E-state index contributed by atoms with van der Waals surface area (Å²) in [6, 6.07) is 6.82. The summed E-state index contributed by atoms with van der Waals surface area (Å²) in [4.78, 5) is 4.27. The lowest BCUT2D eigenvalue weighted by atomic mass is 10.1. The fourth-order valence-electron chi connectivity index (χ4n) is 3.53. The fraction of sp³-hybridized carbons (Fsp3) is 0.611. The number of guanidine groups is 1. The highest BCUT2D eigenvalue weighted by Crippen LogP contribution is 2.45. The smallest absolute Gasteiger partial charge is 0.405 e. The molecule has 1 aromatic carbocycles. The molecule has 2 fully saturated rings. The second-order valence-corrected chi connectivity index (χ2v) is 7.90. The van der Waals surface area contributed by atoms with Gasteiger partial charge in [0, 0.05) is 30.3 Å². The van der Waals surface area contributed by atoms with Gasteiger partial charge in [-0.15, -0.1) is 13.2 Å². The van der Waals surface area contributed by atoms with Crippen molar-refractivity contribution in [3.05, 3.63) is 29.8 Å². The van der Waals surface area contributed by atoms with Crippen molar-refractivity contribution >= 4 is 17.7 Å². The first-order valence-corrected chi connectivity index (χ1v) is 10.1. The number of benzene rings is 1. The van der Waals surface area contributed by atoms with Crippen LogP contribution < -0.4 is 15.4 Å². The summed E-state index contributed by atoms with van der Waals surface area (Å²) in [5, 5.41) is 7.46. The second kappa shape index (κ2) is 7.98. The number of halogens is 3. The summed E-state index contributed by atoms with van der Waals surface area (Å²) in [6.07, 6.45) is 1.64. The van der Waals surface area contributed by atoms with Gasteiger partial charge in [0.05, 0.1) is 0 Å². The number of ether oxygens (including phenoxy) is 1. The summed E-state index contributed by atoms with van der Waals surface area (Å²) in [5.41, 5.74) is 0.584. The second-order valence-electron chi connectivity index (χ2n) is 6.76. The molecular formula is C18H24F3N3OS. The molecule has 0 aromatic heterocycles. The van der Waals surface area contributed by atoms with Crippen molar-refractivity contribution in [3.8, 4) is 5.75 Å². The van der Waals surface area contributed by atoms with Crippen molar-refractivity contribution in [2.45, 2.75) is 55.3 Å². The number of thioether (sulfide) groups is 1. The fourth-order valence-corrected chi connectivity index (χ4v) is 4.32. The van der Waals surface area contributed by atoms with Crippen molar-refractivity contribution < 1.29 is 17.9 Å². The van der Waals surface area contributed by atoms with Crippen LogP contribution in [0, 0.1) is 0 Å². The third-order valence-corrected chi connectivity index (χ3v) is 6.03. The lowest BCUT2D eigenvalue weighted by Crippen LogP contribution is -2.43. The number of alkyl halides is 3. The first-order valence-electron chi connectivity index (χ1n) is 8.77. The molecule has 4 nitrogen and oxygen atoms in total. The zero-order chi connectivity index (χ0) is 18.7. The zero-order valence-electron chi connectivity index (χ0n) is 14.8. The molecular weight excluding hydrogens is 363 g/mol. The molecule has 0 saturated heterocycles. The number of nitrogens with one attached hydrogen (secondary N) is 2. The van der Waals surface area contributed by atoms with Crippen molar-refractivity contribution in [1.29, 1.82) is 0 Å². The molecule has 0 amide bonds. The van der Waals surface area contributed by atoms with Gasteiger partial charge in [-0.2, -0.15) is 11.8 Å². The molecule has 144 valence electrons. The Bertz CT molecular complexity index is 653. The van der Waals surface area contributed by atoms with Crippen LogP contribution in [-0.2, 0) is 0 Å². The van der Waals surface area contributed by atoms with E-state index in [0.29, 0.717) is 16.9 Å². The topological polar surface area (TPSA) is 45.7 Å². The molecule has 8 heteroatoms. The molecule has 4 atom stereocenters. The lowest BCUT2D eigenvalue weighted by molar-refractivity contribution is -0.274. The van der Waals surface area contributed by atoms with E-state index >= 15 is 0 Å². The molecule has 2 aliphatic carbocycles. The Labute approximate surface area is 156 Å². The van der Waals surface area contributed by atoms with E-state index in [1.165, 1.54) is 12.5 Å². The molecule has 2 aliphatic rings. The predicted molar refractivity (Wildman–Crippen MR) is 98.8 cm³/mol. The summed E-state index contributed by atoms with van der Waals surface area (Å²) in [6.45, 7) is 0. The Morgan fingerprint density at radius 2 is 1.96 bits per heavy atom. The highest BCUT2D eigenvalue weighted by molar-refractivity contribution is 7.99. The summed E-state index contributed by atoms with van der Waals surface area (Å²) < 4.78 is 41.9. The van der Waals surface area contributed by atoms with Crippen LogP contribution in [0.15, 0.2) is 29.3 Å². The van der Waals surface area contributed by atoms with E-state index < -0.39 is 6.36 Å². The van der Waals surface area contributed by atoms with E-state index in [2.05, 4.69) is 26.6 Å². The van der Waals surface area contributed by atoms with Crippen molar-refractivity contribution in [2.75, 3.05) is 13.3 Å². The number of hydrogen-bond donors (Lipinski definition) is 2. The van der Waals surface area contributed by atoms with Gasteiger partial charge >= 0.3 is 6.36 Å². The lowest BCUT2D eigenvalue weighted by Gasteiger charge is -2.18. The van der Waals surface area contributed by atoms with Crippen LogP contribution in [0.1, 0.15) is 37.2 Å². The van der Waals surface area contributed by atoms with Crippen LogP contribution in [0.2, 0.25) is 0 Å². The van der Waals surface area contributed by atoms with Gasteiger partial charge in [-0.05, 0) is 43.6 Å². The van der Waals surface area contributed by atoms with Crippen LogP contribution in [0.5, 0.6) is 5.75 Å². The third kappa shape index (κ3) is 4.99. The molecule has 0 bridgehead atoms. The van der Waals surface area contributed by atoms with E-state index in [9.17, 15) is 13.2 Å². The quantitative estimate of drug-likeness (QED) is 0.594. The van der Waals surface area contributed by atoms with Crippen LogP contribution in [0.3, 0.4) is 0 Å². The van der Waals surface area contributed by atoms with Crippen molar-refractivity contribution in [3.63, 3.8) is 0 Å². The van der Waals surface area contributed by atoms with E-state index in [-0.39, 0.29) is 17.7 Å². The standard InChI is InChI=1S/C18H24F3N3OS/c1-22-17(23-11-7-8-12(9-11)26-2)24-15-10-14(15)13-5-3-4-6-16(13)25-18(19,20)21/h3-6,11-12,14-15H,7-10H2,1-2H3,(H2,22,23,24). The molecule has 0 spiro atoms. The average Bonchev–Trinajstić information content (AvgIpc) is 3.19. The van der Waals surface area contributed by atoms with Crippen molar-refractivity contribution in [2.24, 2.45) is 4.99 Å². The summed E-state index contributed by atoms with van der Waals surface area (Å²) in [5.74, 6) is 0.601. The number of para-hydroxylation sites is 1. The maximum atomic E-state index is 12.6. The number of hydrogen-bond acceptors (Lipinski definition) is 3. The monoisotopic (exact) mass is 387 g/mol. The molecule has 0 radical (unpaired) electrons.